The average Bonchev–Trinajstić information content (AvgIpc) is 2.44. The molecule has 1 aromatic heterocycles. The molecule has 0 aromatic carbocycles. The number of hydrogen-bond donors (Lipinski definition) is 1. The van der Waals surface area contributed by atoms with Gasteiger partial charge in [-0.15, -0.1) is 0 Å². The van der Waals surface area contributed by atoms with Crippen LogP contribution in [0.5, 0.6) is 0 Å². The minimum atomic E-state index is -0.407. The minimum absolute atomic E-state index is 0.0318. The van der Waals surface area contributed by atoms with Crippen LogP contribution in [0, 0.1) is 0 Å². The monoisotopic (exact) mass is 227 g/mol. The van der Waals surface area contributed by atoms with E-state index in [1.165, 1.54) is 4.57 Å². The normalized spacial score (nSPS) is 15.0. The van der Waals surface area contributed by atoms with E-state index in [4.69, 9.17) is 11.6 Å². The Morgan fingerprint density at radius 3 is 3.00 bits per heavy atom. The summed E-state index contributed by atoms with van der Waals surface area (Å²) in [7, 11) is 0. The summed E-state index contributed by atoms with van der Waals surface area (Å²) in [5.74, 6) is 0.493. The van der Waals surface area contributed by atoms with E-state index in [9.17, 15) is 9.59 Å². The van der Waals surface area contributed by atoms with E-state index in [0.717, 1.165) is 19.4 Å². The van der Waals surface area contributed by atoms with Crippen molar-refractivity contribution in [3.05, 3.63) is 21.2 Å². The number of aldehydes is 1. The van der Waals surface area contributed by atoms with Crippen LogP contribution in [0.1, 0.15) is 23.2 Å². The van der Waals surface area contributed by atoms with Crippen LogP contribution in [0.4, 0.5) is 5.82 Å². The molecular formula is C9H10ClN3O2. The molecule has 0 saturated heterocycles. The zero-order chi connectivity index (χ0) is 10.8. The fourth-order valence-electron chi connectivity index (χ4n) is 1.65. The number of carbonyl (C=O) groups excluding carboxylic acids is 1. The van der Waals surface area contributed by atoms with Crippen molar-refractivity contribution in [2.45, 2.75) is 19.4 Å². The van der Waals surface area contributed by atoms with Crippen LogP contribution in [0.15, 0.2) is 4.79 Å². The van der Waals surface area contributed by atoms with E-state index < -0.39 is 5.69 Å². The number of nitrogens with zero attached hydrogens (tertiary/aromatic N) is 2. The second-order valence-corrected chi connectivity index (χ2v) is 3.71. The highest BCUT2D eigenvalue weighted by atomic mass is 35.5. The lowest BCUT2D eigenvalue weighted by Gasteiger charge is -2.11. The third-order valence-corrected chi connectivity index (χ3v) is 2.68. The van der Waals surface area contributed by atoms with Gasteiger partial charge < -0.3 is 5.32 Å². The van der Waals surface area contributed by atoms with Crippen LogP contribution in [0.3, 0.4) is 0 Å². The van der Waals surface area contributed by atoms with Gasteiger partial charge in [-0.3, -0.25) is 9.36 Å². The minimum Gasteiger partial charge on any atom is -0.371 e. The van der Waals surface area contributed by atoms with Crippen molar-refractivity contribution in [3.8, 4) is 0 Å². The summed E-state index contributed by atoms with van der Waals surface area (Å²) in [5.41, 5.74) is -0.145. The molecule has 5 nitrogen and oxygen atoms in total. The second-order valence-electron chi connectivity index (χ2n) is 3.35. The third-order valence-electron chi connectivity index (χ3n) is 2.39. The standard InChI is InChI=1S/C9H10ClN3O2/c10-7-6(5-14)8-11-3-1-2-4-13(8)9(15)12-7/h5,11H,1-4H2. The molecule has 1 N–H and O–H groups in total. The molecule has 1 aromatic rings. The lowest BCUT2D eigenvalue weighted by atomic mass is 10.3. The molecule has 6 heteroatoms. The van der Waals surface area contributed by atoms with Crippen molar-refractivity contribution in [3.63, 3.8) is 0 Å². The van der Waals surface area contributed by atoms with Crippen LogP contribution in [-0.4, -0.2) is 22.4 Å². The van der Waals surface area contributed by atoms with E-state index in [1.807, 2.05) is 0 Å². The lowest BCUT2D eigenvalue weighted by molar-refractivity contribution is 0.112. The molecule has 0 saturated carbocycles. The van der Waals surface area contributed by atoms with Crippen LogP contribution in [0.25, 0.3) is 0 Å². The van der Waals surface area contributed by atoms with E-state index in [2.05, 4.69) is 10.3 Å². The highest BCUT2D eigenvalue weighted by molar-refractivity contribution is 6.32. The summed E-state index contributed by atoms with van der Waals surface area (Å²) in [6, 6.07) is 0. The van der Waals surface area contributed by atoms with Gasteiger partial charge in [0.15, 0.2) is 6.29 Å². The SMILES string of the molecule is O=Cc1c(Cl)nc(=O)n2c1NCCCC2. The van der Waals surface area contributed by atoms with Gasteiger partial charge in [-0.1, -0.05) is 11.6 Å². The molecule has 0 unspecified atom stereocenters. The maximum absolute atomic E-state index is 11.5. The van der Waals surface area contributed by atoms with Gasteiger partial charge in [0, 0.05) is 13.1 Å². The third kappa shape index (κ3) is 1.74. The van der Waals surface area contributed by atoms with Crippen molar-refractivity contribution in [2.24, 2.45) is 0 Å². The van der Waals surface area contributed by atoms with Gasteiger partial charge in [-0.25, -0.2) is 4.79 Å². The summed E-state index contributed by atoms with van der Waals surface area (Å²) in [6.07, 6.45) is 2.47. The Labute approximate surface area is 91.1 Å². The summed E-state index contributed by atoms with van der Waals surface area (Å²) in [6.45, 7) is 1.31. The van der Waals surface area contributed by atoms with Gasteiger partial charge in [0.05, 0.1) is 5.56 Å². The average molecular weight is 228 g/mol. The molecule has 0 radical (unpaired) electrons. The predicted molar refractivity (Wildman–Crippen MR) is 56.6 cm³/mol. The van der Waals surface area contributed by atoms with E-state index in [-0.39, 0.29) is 10.7 Å². The summed E-state index contributed by atoms with van der Waals surface area (Å²) >= 11 is 5.72. The van der Waals surface area contributed by atoms with Crippen LogP contribution in [-0.2, 0) is 6.54 Å². The molecule has 0 atom stereocenters. The van der Waals surface area contributed by atoms with E-state index >= 15 is 0 Å². The summed E-state index contributed by atoms with van der Waals surface area (Å²) in [5, 5.41) is 3.00. The number of hydrogen-bond acceptors (Lipinski definition) is 4. The van der Waals surface area contributed by atoms with Crippen molar-refractivity contribution < 1.29 is 4.79 Å². The Bertz CT molecular complexity index is 455. The maximum Gasteiger partial charge on any atom is 0.350 e. The molecule has 2 rings (SSSR count). The molecule has 0 spiro atoms. The lowest BCUT2D eigenvalue weighted by Crippen LogP contribution is -2.26. The predicted octanol–water partition coefficient (Wildman–Crippen LogP) is 0.915. The fourth-order valence-corrected chi connectivity index (χ4v) is 1.85. The summed E-state index contributed by atoms with van der Waals surface area (Å²) < 4.78 is 1.46. The highest BCUT2D eigenvalue weighted by Crippen LogP contribution is 2.20. The molecule has 0 aliphatic carbocycles. The fraction of sp³-hybridized carbons (Fsp3) is 0.444. The first-order chi connectivity index (χ1) is 7.24. The zero-order valence-electron chi connectivity index (χ0n) is 7.99. The van der Waals surface area contributed by atoms with Gasteiger partial charge in [-0.2, -0.15) is 4.98 Å². The Morgan fingerprint density at radius 2 is 2.27 bits per heavy atom. The van der Waals surface area contributed by atoms with Gasteiger partial charge in [0.25, 0.3) is 0 Å². The largest absolute Gasteiger partial charge is 0.371 e. The number of anilines is 1. The number of fused-ring (bicyclic) bond motifs is 1. The number of carbonyl (C=O) groups is 1. The number of aromatic nitrogens is 2. The Hall–Kier alpha value is -1.36. The Morgan fingerprint density at radius 1 is 1.47 bits per heavy atom. The first-order valence-electron chi connectivity index (χ1n) is 4.73. The number of nitrogens with one attached hydrogen (secondary N) is 1. The Balaban J connectivity index is 2.68. The van der Waals surface area contributed by atoms with Gasteiger partial charge in [0.2, 0.25) is 0 Å². The molecule has 1 aliphatic heterocycles. The van der Waals surface area contributed by atoms with Crippen LogP contribution in [0.2, 0.25) is 5.15 Å². The number of halogens is 1. The van der Waals surface area contributed by atoms with Crippen molar-refractivity contribution in [2.75, 3.05) is 11.9 Å². The highest BCUT2D eigenvalue weighted by Gasteiger charge is 2.16. The van der Waals surface area contributed by atoms with Gasteiger partial charge in [-0.05, 0) is 12.8 Å². The summed E-state index contributed by atoms with van der Waals surface area (Å²) in [4.78, 5) is 26.0. The quantitative estimate of drug-likeness (QED) is 0.572. The van der Waals surface area contributed by atoms with Crippen molar-refractivity contribution in [1.29, 1.82) is 0 Å². The van der Waals surface area contributed by atoms with Crippen molar-refractivity contribution in [1.82, 2.24) is 9.55 Å². The van der Waals surface area contributed by atoms with Crippen molar-refractivity contribution >= 4 is 23.7 Å². The molecular weight excluding hydrogens is 218 g/mol. The van der Waals surface area contributed by atoms with Gasteiger partial charge in [0.1, 0.15) is 11.0 Å². The molecule has 0 bridgehead atoms. The first-order valence-corrected chi connectivity index (χ1v) is 5.11. The molecule has 2 heterocycles. The topological polar surface area (TPSA) is 64.0 Å². The first kappa shape index (κ1) is 10.2. The maximum atomic E-state index is 11.5. The Kier molecular flexibility index (Phi) is 2.73. The molecule has 0 amide bonds. The second kappa shape index (κ2) is 4.02. The van der Waals surface area contributed by atoms with E-state index in [0.29, 0.717) is 18.6 Å². The molecule has 1 aliphatic rings. The van der Waals surface area contributed by atoms with E-state index in [1.54, 1.807) is 0 Å². The number of rotatable bonds is 1. The smallest absolute Gasteiger partial charge is 0.350 e. The molecule has 15 heavy (non-hydrogen) atoms. The molecule has 0 fully saturated rings. The van der Waals surface area contributed by atoms with Crippen LogP contribution < -0.4 is 11.0 Å². The van der Waals surface area contributed by atoms with Gasteiger partial charge >= 0.3 is 5.69 Å². The zero-order valence-corrected chi connectivity index (χ0v) is 8.75. The van der Waals surface area contributed by atoms with Crippen LogP contribution >= 0.6 is 11.6 Å². The molecule has 80 valence electrons.